The van der Waals surface area contributed by atoms with Gasteiger partial charge in [-0.2, -0.15) is 22.0 Å². The predicted molar refractivity (Wildman–Crippen MR) is 78.5 cm³/mol. The van der Waals surface area contributed by atoms with Crippen molar-refractivity contribution in [1.82, 2.24) is 0 Å². The van der Waals surface area contributed by atoms with Crippen LogP contribution in [0, 0.1) is 0 Å². The van der Waals surface area contributed by atoms with Crippen LogP contribution < -0.4 is 4.74 Å². The summed E-state index contributed by atoms with van der Waals surface area (Å²) in [5.41, 5.74) is -1.08. The third-order valence-electron chi connectivity index (χ3n) is 2.85. The van der Waals surface area contributed by atoms with Crippen molar-refractivity contribution in [1.29, 1.82) is 0 Å². The SMILES string of the molecule is FC(F)Oc1cc(C(F)(F)F)ccc1-c1ccc(Cl)c(Cl)c1Cl. The summed E-state index contributed by atoms with van der Waals surface area (Å²) in [6.07, 6.45) is -4.71. The molecule has 0 aliphatic carbocycles. The van der Waals surface area contributed by atoms with Gasteiger partial charge in [0.1, 0.15) is 5.75 Å². The van der Waals surface area contributed by atoms with Crippen molar-refractivity contribution in [3.05, 3.63) is 51.0 Å². The highest BCUT2D eigenvalue weighted by atomic mass is 35.5. The summed E-state index contributed by atoms with van der Waals surface area (Å²) >= 11 is 17.6. The minimum Gasteiger partial charge on any atom is -0.434 e. The molecule has 23 heavy (non-hydrogen) atoms. The molecule has 9 heteroatoms. The molecule has 0 saturated heterocycles. The zero-order chi connectivity index (χ0) is 17.4. The van der Waals surface area contributed by atoms with Gasteiger partial charge in [0.05, 0.1) is 20.6 Å². The van der Waals surface area contributed by atoms with Crippen LogP contribution in [0.5, 0.6) is 5.75 Å². The lowest BCUT2D eigenvalue weighted by Crippen LogP contribution is -2.08. The van der Waals surface area contributed by atoms with Gasteiger partial charge in [0.25, 0.3) is 0 Å². The van der Waals surface area contributed by atoms with Gasteiger partial charge in [-0.15, -0.1) is 0 Å². The normalized spacial score (nSPS) is 11.9. The molecule has 124 valence electrons. The lowest BCUT2D eigenvalue weighted by molar-refractivity contribution is -0.138. The smallest absolute Gasteiger partial charge is 0.416 e. The van der Waals surface area contributed by atoms with Crippen molar-refractivity contribution in [3.63, 3.8) is 0 Å². The van der Waals surface area contributed by atoms with E-state index in [1.54, 1.807) is 0 Å². The van der Waals surface area contributed by atoms with Gasteiger partial charge < -0.3 is 4.74 Å². The quantitative estimate of drug-likeness (QED) is 0.407. The Morgan fingerprint density at radius 3 is 2.04 bits per heavy atom. The van der Waals surface area contributed by atoms with Crippen molar-refractivity contribution >= 4 is 34.8 Å². The van der Waals surface area contributed by atoms with Gasteiger partial charge in [0.15, 0.2) is 0 Å². The summed E-state index contributed by atoms with van der Waals surface area (Å²) in [7, 11) is 0. The first kappa shape index (κ1) is 18.1. The van der Waals surface area contributed by atoms with E-state index < -0.39 is 24.1 Å². The minimum absolute atomic E-state index is 0.0475. The first-order chi connectivity index (χ1) is 10.6. The molecule has 0 atom stereocenters. The number of ether oxygens (including phenoxy) is 1. The lowest BCUT2D eigenvalue weighted by Gasteiger charge is -2.15. The van der Waals surface area contributed by atoms with Crippen LogP contribution in [0.15, 0.2) is 30.3 Å². The van der Waals surface area contributed by atoms with Crippen LogP contribution in [0.1, 0.15) is 5.56 Å². The van der Waals surface area contributed by atoms with E-state index in [9.17, 15) is 22.0 Å². The molecule has 2 aromatic carbocycles. The van der Waals surface area contributed by atoms with Crippen LogP contribution in [-0.2, 0) is 6.18 Å². The second-order valence-electron chi connectivity index (χ2n) is 4.31. The second kappa shape index (κ2) is 6.71. The molecule has 0 spiro atoms. The first-order valence-electron chi connectivity index (χ1n) is 5.91. The van der Waals surface area contributed by atoms with E-state index in [1.165, 1.54) is 12.1 Å². The Morgan fingerprint density at radius 1 is 0.870 bits per heavy atom. The molecule has 1 nitrogen and oxygen atoms in total. The van der Waals surface area contributed by atoms with E-state index >= 15 is 0 Å². The third-order valence-corrected chi connectivity index (χ3v) is 4.14. The van der Waals surface area contributed by atoms with Crippen molar-refractivity contribution in [2.45, 2.75) is 12.8 Å². The molecule has 0 N–H and O–H groups in total. The largest absolute Gasteiger partial charge is 0.434 e. The first-order valence-corrected chi connectivity index (χ1v) is 7.04. The Morgan fingerprint density at radius 2 is 1.48 bits per heavy atom. The predicted octanol–water partition coefficient (Wildman–Crippen LogP) is 6.93. The highest BCUT2D eigenvalue weighted by Gasteiger charge is 2.32. The highest BCUT2D eigenvalue weighted by Crippen LogP contribution is 2.43. The number of alkyl halides is 5. The molecule has 0 unspecified atom stereocenters. The molecular weight excluding hydrogens is 386 g/mol. The number of halogens is 8. The topological polar surface area (TPSA) is 9.23 Å². The van der Waals surface area contributed by atoms with E-state index in [1.807, 2.05) is 0 Å². The summed E-state index contributed by atoms with van der Waals surface area (Å²) in [6.45, 7) is -3.31. The fraction of sp³-hybridized carbons (Fsp3) is 0.143. The Balaban J connectivity index is 2.64. The van der Waals surface area contributed by atoms with Crippen molar-refractivity contribution in [2.24, 2.45) is 0 Å². The molecule has 0 aromatic heterocycles. The molecule has 0 aliphatic heterocycles. The number of rotatable bonds is 3. The molecule has 0 saturated carbocycles. The fourth-order valence-electron chi connectivity index (χ4n) is 1.85. The van der Waals surface area contributed by atoms with Gasteiger partial charge in [0.2, 0.25) is 0 Å². The van der Waals surface area contributed by atoms with Gasteiger partial charge in [-0.3, -0.25) is 0 Å². The third kappa shape index (κ3) is 4.00. The molecule has 0 bridgehead atoms. The van der Waals surface area contributed by atoms with Crippen molar-refractivity contribution < 1.29 is 26.7 Å². The summed E-state index contributed by atoms with van der Waals surface area (Å²) in [4.78, 5) is 0. The van der Waals surface area contributed by atoms with E-state index in [2.05, 4.69) is 4.74 Å². The van der Waals surface area contributed by atoms with E-state index in [-0.39, 0.29) is 26.2 Å². The number of hydrogen-bond acceptors (Lipinski definition) is 1. The summed E-state index contributed by atoms with van der Waals surface area (Å²) in [5.74, 6) is -0.671. The van der Waals surface area contributed by atoms with Crippen LogP contribution in [0.4, 0.5) is 22.0 Å². The molecule has 0 aliphatic rings. The van der Waals surface area contributed by atoms with Crippen LogP contribution in [-0.4, -0.2) is 6.61 Å². The fourth-order valence-corrected chi connectivity index (χ4v) is 2.49. The Labute approximate surface area is 142 Å². The Bertz CT molecular complexity index is 731. The van der Waals surface area contributed by atoms with E-state index in [0.717, 1.165) is 12.1 Å². The average Bonchev–Trinajstić information content (AvgIpc) is 2.44. The molecule has 0 amide bonds. The second-order valence-corrected chi connectivity index (χ2v) is 5.47. The maximum absolute atomic E-state index is 12.7. The molecule has 2 rings (SSSR count). The number of benzene rings is 2. The molecule has 0 heterocycles. The summed E-state index contributed by atoms with van der Waals surface area (Å²) in [5, 5.41) is -0.0181. The highest BCUT2D eigenvalue weighted by molar-refractivity contribution is 6.49. The molecule has 2 aromatic rings. The zero-order valence-electron chi connectivity index (χ0n) is 10.9. The Kier molecular flexibility index (Phi) is 5.28. The average molecular weight is 392 g/mol. The monoisotopic (exact) mass is 390 g/mol. The minimum atomic E-state index is -4.71. The van der Waals surface area contributed by atoms with Gasteiger partial charge in [0, 0.05) is 11.1 Å². The van der Waals surface area contributed by atoms with Crippen LogP contribution in [0.25, 0.3) is 11.1 Å². The molecule has 0 radical (unpaired) electrons. The van der Waals surface area contributed by atoms with Crippen LogP contribution >= 0.6 is 34.8 Å². The molecule has 0 fully saturated rings. The van der Waals surface area contributed by atoms with Crippen LogP contribution in [0.3, 0.4) is 0 Å². The molecular formula is C14H6Cl3F5O. The lowest BCUT2D eigenvalue weighted by atomic mass is 10.0. The van der Waals surface area contributed by atoms with Gasteiger partial charge >= 0.3 is 12.8 Å². The van der Waals surface area contributed by atoms with Gasteiger partial charge in [-0.25, -0.2) is 0 Å². The maximum atomic E-state index is 12.7. The van der Waals surface area contributed by atoms with Crippen molar-refractivity contribution in [3.8, 4) is 16.9 Å². The van der Waals surface area contributed by atoms with Crippen LogP contribution in [0.2, 0.25) is 15.1 Å². The van der Waals surface area contributed by atoms with E-state index in [0.29, 0.717) is 6.07 Å². The Hall–Kier alpha value is -1.24. The van der Waals surface area contributed by atoms with Crippen molar-refractivity contribution in [2.75, 3.05) is 0 Å². The van der Waals surface area contributed by atoms with Gasteiger partial charge in [-0.05, 0) is 24.3 Å². The van der Waals surface area contributed by atoms with Gasteiger partial charge in [-0.1, -0.05) is 40.9 Å². The number of hydrogen-bond donors (Lipinski definition) is 0. The zero-order valence-corrected chi connectivity index (χ0v) is 13.2. The van der Waals surface area contributed by atoms with E-state index in [4.69, 9.17) is 34.8 Å². The summed E-state index contributed by atoms with van der Waals surface area (Å²) < 4.78 is 67.4. The summed E-state index contributed by atoms with van der Waals surface area (Å²) in [6, 6.07) is 4.87. The standard InChI is InChI=1S/C14H6Cl3F5O/c15-9-4-3-8(11(16)12(9)17)7-2-1-6(14(20,21)22)5-10(7)23-13(18)19/h1-5,13H. The maximum Gasteiger partial charge on any atom is 0.416 e.